The summed E-state index contributed by atoms with van der Waals surface area (Å²) in [6.45, 7) is 3.96. The van der Waals surface area contributed by atoms with E-state index in [1.165, 1.54) is 0 Å². The van der Waals surface area contributed by atoms with E-state index >= 15 is 0 Å². The maximum absolute atomic E-state index is 13.7. The second-order valence-electron chi connectivity index (χ2n) is 8.87. The second-order valence-corrected chi connectivity index (χ2v) is 9.31. The van der Waals surface area contributed by atoms with Gasteiger partial charge in [0.2, 0.25) is 5.91 Å². The number of carbonyl (C=O) groups is 2. The summed E-state index contributed by atoms with van der Waals surface area (Å²) in [7, 11) is 0. The smallest absolute Gasteiger partial charge is 0.258 e. The third-order valence-corrected chi connectivity index (χ3v) is 6.84. The van der Waals surface area contributed by atoms with Gasteiger partial charge < -0.3 is 14.5 Å². The summed E-state index contributed by atoms with van der Waals surface area (Å²) in [6.07, 6.45) is 2.22. The topological polar surface area (TPSA) is 62.2 Å². The van der Waals surface area contributed by atoms with Gasteiger partial charge in [0.25, 0.3) is 5.91 Å². The molecule has 3 aromatic carbocycles. The Hall–Kier alpha value is -3.48. The molecule has 2 aliphatic heterocycles. The predicted octanol–water partition coefficient (Wildman–Crippen LogP) is 5.97. The highest BCUT2D eigenvalue weighted by Crippen LogP contribution is 2.43. The van der Waals surface area contributed by atoms with Gasteiger partial charge in [-0.2, -0.15) is 0 Å². The van der Waals surface area contributed by atoms with Gasteiger partial charge in [-0.15, -0.1) is 0 Å². The monoisotopic (exact) mass is 487 g/mol. The number of rotatable bonds is 4. The largest absolute Gasteiger partial charge is 0.346 e. The van der Waals surface area contributed by atoms with Crippen molar-refractivity contribution in [1.82, 2.24) is 0 Å². The van der Waals surface area contributed by atoms with Crippen LogP contribution in [0.25, 0.3) is 0 Å². The van der Waals surface area contributed by atoms with E-state index in [2.05, 4.69) is 4.99 Å². The number of amides is 2. The van der Waals surface area contributed by atoms with Crippen LogP contribution in [0, 0.1) is 0 Å². The van der Waals surface area contributed by atoms with E-state index in [4.69, 9.17) is 16.3 Å². The number of ether oxygens (including phenoxy) is 1. The van der Waals surface area contributed by atoms with Gasteiger partial charge in [-0.1, -0.05) is 41.9 Å². The Morgan fingerprint density at radius 1 is 1.03 bits per heavy atom. The van der Waals surface area contributed by atoms with Gasteiger partial charge in [0.05, 0.1) is 6.04 Å². The maximum atomic E-state index is 13.7. The van der Waals surface area contributed by atoms with Crippen molar-refractivity contribution in [2.75, 3.05) is 16.5 Å². The Morgan fingerprint density at radius 2 is 1.74 bits per heavy atom. The molecule has 2 aliphatic rings. The maximum Gasteiger partial charge on any atom is 0.258 e. The molecule has 2 amide bonds. The van der Waals surface area contributed by atoms with E-state index in [1.54, 1.807) is 30.2 Å². The number of aliphatic imine (C=N–C) groups is 1. The highest BCUT2D eigenvalue weighted by atomic mass is 35.5. The van der Waals surface area contributed by atoms with Crippen molar-refractivity contribution in [3.8, 4) is 0 Å². The molecule has 5 rings (SSSR count). The first-order chi connectivity index (χ1) is 16.9. The molecule has 178 valence electrons. The van der Waals surface area contributed by atoms with Gasteiger partial charge in [0.1, 0.15) is 12.8 Å². The fourth-order valence-electron chi connectivity index (χ4n) is 4.96. The van der Waals surface area contributed by atoms with Crippen LogP contribution in [0.4, 0.5) is 11.4 Å². The van der Waals surface area contributed by atoms with Gasteiger partial charge in [0, 0.05) is 41.1 Å². The van der Waals surface area contributed by atoms with Gasteiger partial charge >= 0.3 is 0 Å². The number of para-hydroxylation sites is 1. The van der Waals surface area contributed by atoms with Crippen LogP contribution in [0.5, 0.6) is 0 Å². The lowest BCUT2D eigenvalue weighted by Crippen LogP contribution is -2.47. The fourth-order valence-corrected chi connectivity index (χ4v) is 5.09. The van der Waals surface area contributed by atoms with E-state index in [1.807, 2.05) is 72.5 Å². The first-order valence-corrected chi connectivity index (χ1v) is 12.0. The molecule has 3 aromatic rings. The predicted molar refractivity (Wildman–Crippen MR) is 138 cm³/mol. The van der Waals surface area contributed by atoms with Crippen LogP contribution in [0.1, 0.15) is 53.9 Å². The number of halogens is 1. The molecule has 0 radical (unpaired) electrons. The van der Waals surface area contributed by atoms with Crippen molar-refractivity contribution in [3.05, 3.63) is 94.5 Å². The average molecular weight is 488 g/mol. The van der Waals surface area contributed by atoms with E-state index in [9.17, 15) is 9.59 Å². The van der Waals surface area contributed by atoms with Crippen LogP contribution >= 0.6 is 11.6 Å². The van der Waals surface area contributed by atoms with Crippen molar-refractivity contribution < 1.29 is 14.3 Å². The summed E-state index contributed by atoms with van der Waals surface area (Å²) in [6, 6.07) is 22.3. The van der Waals surface area contributed by atoms with Gasteiger partial charge in [-0.05, 0) is 66.9 Å². The Morgan fingerprint density at radius 3 is 2.40 bits per heavy atom. The fraction of sp³-hybridized carbons (Fsp3) is 0.250. The molecule has 0 N–H and O–H groups in total. The van der Waals surface area contributed by atoms with E-state index in [-0.39, 0.29) is 30.0 Å². The Labute approximate surface area is 209 Å². The minimum absolute atomic E-state index is 0.0626. The van der Waals surface area contributed by atoms with Gasteiger partial charge in [-0.3, -0.25) is 14.6 Å². The van der Waals surface area contributed by atoms with Crippen molar-refractivity contribution in [2.24, 2.45) is 4.99 Å². The third-order valence-electron chi connectivity index (χ3n) is 6.59. The number of benzene rings is 3. The number of carbonyl (C=O) groups excluding carboxylic acids is 2. The molecule has 1 unspecified atom stereocenters. The highest BCUT2D eigenvalue weighted by Gasteiger charge is 2.38. The molecule has 7 heteroatoms. The van der Waals surface area contributed by atoms with Crippen molar-refractivity contribution >= 4 is 41.0 Å². The number of nitrogens with zero attached hydrogens (tertiary/aromatic N) is 3. The highest BCUT2D eigenvalue weighted by molar-refractivity contribution is 6.30. The average Bonchev–Trinajstić information content (AvgIpc) is 3.40. The molecule has 6 nitrogen and oxygen atoms in total. The number of anilines is 2. The molecule has 0 aliphatic carbocycles. The lowest BCUT2D eigenvalue weighted by Gasteiger charge is -2.43. The van der Waals surface area contributed by atoms with Crippen molar-refractivity contribution in [2.45, 2.75) is 38.5 Å². The summed E-state index contributed by atoms with van der Waals surface area (Å²) < 4.78 is 5.56. The molecular formula is C28H26ClN3O3. The first-order valence-electron chi connectivity index (χ1n) is 11.6. The van der Waals surface area contributed by atoms with Gasteiger partial charge in [-0.25, -0.2) is 0 Å². The molecule has 3 atom stereocenters. The third kappa shape index (κ3) is 4.47. The molecule has 0 saturated heterocycles. The van der Waals surface area contributed by atoms with E-state index in [0.29, 0.717) is 23.7 Å². The molecule has 2 heterocycles. The summed E-state index contributed by atoms with van der Waals surface area (Å²) in [5, 5.41) is 0.615. The molecule has 0 fully saturated rings. The van der Waals surface area contributed by atoms with Crippen molar-refractivity contribution in [1.29, 1.82) is 0 Å². The van der Waals surface area contributed by atoms with Crippen LogP contribution < -0.4 is 9.80 Å². The van der Waals surface area contributed by atoms with Crippen LogP contribution in [0.3, 0.4) is 0 Å². The second kappa shape index (κ2) is 9.64. The molecular weight excluding hydrogens is 462 g/mol. The van der Waals surface area contributed by atoms with Crippen LogP contribution in [0.2, 0.25) is 5.02 Å². The summed E-state index contributed by atoms with van der Waals surface area (Å²) >= 11 is 6.08. The molecule has 0 spiro atoms. The summed E-state index contributed by atoms with van der Waals surface area (Å²) in [5.41, 5.74) is 4.11. The van der Waals surface area contributed by atoms with Crippen LogP contribution in [0.15, 0.2) is 77.8 Å². The quantitative estimate of drug-likeness (QED) is 0.455. The zero-order valence-electron chi connectivity index (χ0n) is 19.6. The zero-order chi connectivity index (χ0) is 24.5. The molecule has 35 heavy (non-hydrogen) atoms. The Balaban J connectivity index is 1.48. The molecule has 0 saturated carbocycles. The summed E-state index contributed by atoms with van der Waals surface area (Å²) in [5.74, 6) is -0.135. The van der Waals surface area contributed by atoms with Crippen LogP contribution in [-0.4, -0.2) is 30.8 Å². The standard InChI is InChI=1S/C28H26ClN3O3/c1-18-15-26(32(19(2)33)23-13-11-22(29)12-14-23)24-5-3-4-6-25(24)31(18)28(34)21-9-7-20(8-10-21)27-16-30-17-35-27/h3-14,16,18,26-27H,15,17H2,1-2H3/t18-,26+,27?/m0/s1. The number of hydrogen-bond acceptors (Lipinski definition) is 4. The molecule has 0 bridgehead atoms. The zero-order valence-corrected chi connectivity index (χ0v) is 20.4. The van der Waals surface area contributed by atoms with E-state index < -0.39 is 0 Å². The van der Waals surface area contributed by atoms with Gasteiger partial charge in [0.15, 0.2) is 0 Å². The van der Waals surface area contributed by atoms with E-state index in [0.717, 1.165) is 22.5 Å². The number of fused-ring (bicyclic) bond motifs is 1. The lowest BCUT2D eigenvalue weighted by atomic mass is 9.89. The Bertz CT molecular complexity index is 1270. The Kier molecular flexibility index (Phi) is 6.41. The summed E-state index contributed by atoms with van der Waals surface area (Å²) in [4.78, 5) is 34.3. The first kappa shape index (κ1) is 23.3. The normalized spacial score (nSPS) is 21.0. The van der Waals surface area contributed by atoms with Crippen molar-refractivity contribution in [3.63, 3.8) is 0 Å². The SMILES string of the molecule is CC(=O)N(c1ccc(Cl)cc1)[C@@H]1C[C@H](C)N(C(=O)c2ccc(C3C=NCO3)cc2)c2ccccc21. The minimum atomic E-state index is -0.204. The van der Waals surface area contributed by atoms with Crippen LogP contribution in [-0.2, 0) is 9.53 Å². The lowest BCUT2D eigenvalue weighted by molar-refractivity contribution is -0.117. The molecule has 0 aromatic heterocycles. The number of hydrogen-bond donors (Lipinski definition) is 0. The minimum Gasteiger partial charge on any atom is -0.346 e.